The van der Waals surface area contributed by atoms with E-state index in [1.807, 2.05) is 0 Å². The van der Waals surface area contributed by atoms with Crippen LogP contribution in [-0.4, -0.2) is 82.7 Å². The smallest absolute Gasteiger partial charge is 0.321 e. The fourth-order valence-electron chi connectivity index (χ4n) is 5.49. The summed E-state index contributed by atoms with van der Waals surface area (Å²) in [6.45, 7) is 5.44. The average Bonchev–Trinajstić information content (AvgIpc) is 3.50. The fraction of sp³-hybridized carbons (Fsp3) is 0.792. The maximum atomic E-state index is 13.8. The number of likely N-dealkylation sites (tertiary alicyclic amines) is 1. The summed E-state index contributed by atoms with van der Waals surface area (Å²) in [6, 6.07) is -2.46. The molecule has 1 aliphatic carbocycles. The van der Waals surface area contributed by atoms with Crippen molar-refractivity contribution in [3.63, 3.8) is 0 Å². The quantitative estimate of drug-likeness (QED) is 0.317. The number of fused-ring (bicyclic) bond motifs is 1. The van der Waals surface area contributed by atoms with Crippen molar-refractivity contribution in [2.75, 3.05) is 19.6 Å². The molecule has 3 N–H and O–H groups in total. The van der Waals surface area contributed by atoms with Gasteiger partial charge in [0.25, 0.3) is 23.4 Å². The van der Waals surface area contributed by atoms with Crippen LogP contribution in [0.15, 0.2) is 0 Å². The molecule has 2 aliphatic heterocycles. The molecule has 0 aromatic carbocycles. The van der Waals surface area contributed by atoms with E-state index >= 15 is 0 Å². The number of carbonyl (C=O) groups excluding carboxylic acids is 5. The van der Waals surface area contributed by atoms with Crippen LogP contribution in [-0.2, 0) is 24.0 Å². The first-order valence-corrected chi connectivity index (χ1v) is 13.1. The summed E-state index contributed by atoms with van der Waals surface area (Å²) >= 11 is 5.36. The minimum atomic E-state index is -3.72. The lowest BCUT2D eigenvalue weighted by atomic mass is 9.85. The first kappa shape index (κ1) is 30.0. The molecular formula is C24H35ClF3N5O5. The number of hydrogen-bond acceptors (Lipinski definition) is 5. The average molecular weight is 566 g/mol. The second kappa shape index (κ2) is 11.3. The van der Waals surface area contributed by atoms with Crippen molar-refractivity contribution in [2.45, 2.75) is 77.0 Å². The van der Waals surface area contributed by atoms with Crippen LogP contribution in [0.2, 0.25) is 0 Å². The van der Waals surface area contributed by atoms with E-state index in [0.717, 1.165) is 12.8 Å². The number of alkyl halides is 4. The first-order chi connectivity index (χ1) is 17.5. The Labute approximate surface area is 224 Å². The summed E-state index contributed by atoms with van der Waals surface area (Å²) in [5.74, 6) is -9.47. The molecule has 0 aromatic rings. The SMILES string of the molecule is CC(F)(F)C(=O)NC(C(=O)N1C[C@@H]2CCC[C@@H]2[C@H]1C(=O)NN(C[C@@H]1CCNC1=O)C(=O)C(F)Cl)C(C)(C)C. The molecule has 10 nitrogen and oxygen atoms in total. The van der Waals surface area contributed by atoms with Crippen LogP contribution in [0.25, 0.3) is 0 Å². The van der Waals surface area contributed by atoms with E-state index in [1.54, 1.807) is 20.8 Å². The van der Waals surface area contributed by atoms with Crippen molar-refractivity contribution >= 4 is 41.1 Å². The monoisotopic (exact) mass is 565 g/mol. The highest BCUT2D eigenvalue weighted by Gasteiger charge is 2.52. The minimum Gasteiger partial charge on any atom is -0.356 e. The Morgan fingerprint density at radius 1 is 1.16 bits per heavy atom. The molecular weight excluding hydrogens is 531 g/mol. The molecule has 14 heteroatoms. The zero-order chi connectivity index (χ0) is 28.6. The van der Waals surface area contributed by atoms with Gasteiger partial charge in [0.1, 0.15) is 12.1 Å². The summed E-state index contributed by atoms with van der Waals surface area (Å²) in [5, 5.41) is 5.41. The fourth-order valence-corrected chi connectivity index (χ4v) is 5.61. The lowest BCUT2D eigenvalue weighted by molar-refractivity contribution is -0.153. The maximum Gasteiger partial charge on any atom is 0.321 e. The largest absolute Gasteiger partial charge is 0.356 e. The van der Waals surface area contributed by atoms with E-state index in [2.05, 4.69) is 16.1 Å². The first-order valence-electron chi connectivity index (χ1n) is 12.7. The number of rotatable bonds is 7. The maximum absolute atomic E-state index is 13.8. The molecule has 3 fully saturated rings. The molecule has 2 unspecified atom stereocenters. The Balaban J connectivity index is 1.87. The topological polar surface area (TPSA) is 128 Å². The molecule has 3 rings (SSSR count). The van der Waals surface area contributed by atoms with E-state index in [4.69, 9.17) is 11.6 Å². The van der Waals surface area contributed by atoms with Gasteiger partial charge >= 0.3 is 5.92 Å². The van der Waals surface area contributed by atoms with Gasteiger partial charge in [0.05, 0.1) is 12.5 Å². The normalized spacial score (nSPS) is 26.8. The van der Waals surface area contributed by atoms with E-state index in [1.165, 1.54) is 4.90 Å². The molecule has 5 amide bonds. The molecule has 2 heterocycles. The molecule has 214 valence electrons. The van der Waals surface area contributed by atoms with Crippen LogP contribution in [0.5, 0.6) is 0 Å². The minimum absolute atomic E-state index is 0.0506. The molecule has 1 saturated carbocycles. The van der Waals surface area contributed by atoms with Crippen molar-refractivity contribution in [1.29, 1.82) is 0 Å². The van der Waals surface area contributed by atoms with Gasteiger partial charge in [0.15, 0.2) is 0 Å². The Morgan fingerprint density at radius 3 is 2.34 bits per heavy atom. The van der Waals surface area contributed by atoms with Crippen LogP contribution in [0.4, 0.5) is 13.2 Å². The number of carbonyl (C=O) groups is 5. The second-order valence-corrected chi connectivity index (χ2v) is 11.8. The molecule has 0 bridgehead atoms. The third-order valence-corrected chi connectivity index (χ3v) is 7.68. The molecule has 0 spiro atoms. The van der Waals surface area contributed by atoms with Crippen LogP contribution >= 0.6 is 11.6 Å². The van der Waals surface area contributed by atoms with Gasteiger partial charge in [-0.1, -0.05) is 38.8 Å². The number of nitrogens with zero attached hydrogens (tertiary/aromatic N) is 2. The van der Waals surface area contributed by atoms with Gasteiger partial charge < -0.3 is 15.5 Å². The summed E-state index contributed by atoms with van der Waals surface area (Å²) in [7, 11) is 0. The van der Waals surface area contributed by atoms with Crippen molar-refractivity contribution < 1.29 is 37.1 Å². The highest BCUT2D eigenvalue weighted by atomic mass is 35.5. The van der Waals surface area contributed by atoms with Crippen molar-refractivity contribution in [1.82, 2.24) is 26.0 Å². The van der Waals surface area contributed by atoms with Gasteiger partial charge in [-0.25, -0.2) is 9.40 Å². The van der Waals surface area contributed by atoms with Gasteiger partial charge in [0.2, 0.25) is 11.8 Å². The number of amides is 5. The van der Waals surface area contributed by atoms with E-state index in [9.17, 15) is 37.1 Å². The van der Waals surface area contributed by atoms with Gasteiger partial charge in [-0.2, -0.15) is 8.78 Å². The summed E-state index contributed by atoms with van der Waals surface area (Å²) < 4.78 is 41.1. The van der Waals surface area contributed by atoms with E-state index in [0.29, 0.717) is 31.3 Å². The standard InChI is InChI=1S/C24H35ClF3N5O5/c1-23(2,3)16(30-22(38)24(4,27)28)20(36)32-10-12-6-5-7-14(12)15(32)19(35)31-33(21(37)17(25)26)11-13-8-9-29-18(13)34/h12-17H,5-11H2,1-4H3,(H,29,34)(H,30,38)(H,31,35)/t12-,13-,14-,15-,16?,17?/m0/s1. The predicted octanol–water partition coefficient (Wildman–Crippen LogP) is 1.33. The Kier molecular flexibility index (Phi) is 8.89. The van der Waals surface area contributed by atoms with E-state index < -0.39 is 58.6 Å². The zero-order valence-electron chi connectivity index (χ0n) is 21.9. The van der Waals surface area contributed by atoms with Crippen LogP contribution in [0, 0.1) is 23.2 Å². The molecule has 2 saturated heterocycles. The molecule has 6 atom stereocenters. The van der Waals surface area contributed by atoms with Crippen LogP contribution in [0.3, 0.4) is 0 Å². The van der Waals surface area contributed by atoms with Crippen molar-refractivity contribution in [3.05, 3.63) is 0 Å². The number of hydrogen-bond donors (Lipinski definition) is 3. The Bertz CT molecular complexity index is 970. The van der Waals surface area contributed by atoms with Gasteiger partial charge in [-0.3, -0.25) is 29.4 Å². The number of halogens is 4. The molecule has 38 heavy (non-hydrogen) atoms. The van der Waals surface area contributed by atoms with Crippen LogP contribution < -0.4 is 16.1 Å². The van der Waals surface area contributed by atoms with Crippen molar-refractivity contribution in [2.24, 2.45) is 23.2 Å². The van der Waals surface area contributed by atoms with Gasteiger partial charge in [-0.15, -0.1) is 0 Å². The summed E-state index contributed by atoms with van der Waals surface area (Å²) in [4.78, 5) is 65.1. The van der Waals surface area contributed by atoms with Crippen LogP contribution in [0.1, 0.15) is 53.4 Å². The second-order valence-electron chi connectivity index (χ2n) is 11.5. The number of hydrazine groups is 1. The number of nitrogens with one attached hydrogen (secondary N) is 3. The molecule has 3 aliphatic rings. The Morgan fingerprint density at radius 2 is 1.82 bits per heavy atom. The van der Waals surface area contributed by atoms with Gasteiger partial charge in [0, 0.05) is 20.0 Å². The lowest BCUT2D eigenvalue weighted by Crippen LogP contribution is -2.61. The summed E-state index contributed by atoms with van der Waals surface area (Å²) in [6.07, 6.45) is 2.51. The zero-order valence-corrected chi connectivity index (χ0v) is 22.6. The highest BCUT2D eigenvalue weighted by Crippen LogP contribution is 2.43. The molecule has 0 aromatic heterocycles. The van der Waals surface area contributed by atoms with Crippen molar-refractivity contribution in [3.8, 4) is 0 Å². The third kappa shape index (κ3) is 6.52. The molecule has 0 radical (unpaired) electrons. The Hall–Kier alpha value is -2.57. The summed E-state index contributed by atoms with van der Waals surface area (Å²) in [5.41, 5.74) is -1.09. The predicted molar refractivity (Wildman–Crippen MR) is 130 cm³/mol. The third-order valence-electron chi connectivity index (χ3n) is 7.49. The lowest BCUT2D eigenvalue weighted by Gasteiger charge is -2.37. The highest BCUT2D eigenvalue weighted by molar-refractivity contribution is 6.29. The van der Waals surface area contributed by atoms with E-state index in [-0.39, 0.29) is 30.8 Å². The van der Waals surface area contributed by atoms with Gasteiger partial charge in [-0.05, 0) is 36.5 Å².